The van der Waals surface area contributed by atoms with E-state index in [4.69, 9.17) is 0 Å². The Hall–Kier alpha value is -1.37. The minimum Gasteiger partial charge on any atom is -0.337 e. The number of carbonyl (C=O) groups is 1. The lowest BCUT2D eigenvalue weighted by Crippen LogP contribution is -2.50. The van der Waals surface area contributed by atoms with E-state index in [1.807, 2.05) is 24.6 Å². The van der Waals surface area contributed by atoms with Crippen molar-refractivity contribution in [3.63, 3.8) is 0 Å². The Morgan fingerprint density at radius 1 is 1.41 bits per heavy atom. The maximum atomic E-state index is 12.6. The van der Waals surface area contributed by atoms with Crippen molar-refractivity contribution >= 4 is 15.7 Å². The van der Waals surface area contributed by atoms with Gasteiger partial charge in [-0.3, -0.25) is 9.48 Å². The first-order chi connectivity index (χ1) is 10.2. The molecule has 0 N–H and O–H groups in total. The molecule has 22 heavy (non-hydrogen) atoms. The molecule has 1 aromatic heterocycles. The van der Waals surface area contributed by atoms with Crippen molar-refractivity contribution in [3.05, 3.63) is 17.5 Å². The van der Waals surface area contributed by atoms with Crippen molar-refractivity contribution in [2.75, 3.05) is 12.8 Å². The van der Waals surface area contributed by atoms with Crippen LogP contribution in [0.5, 0.6) is 0 Å². The van der Waals surface area contributed by atoms with Gasteiger partial charge in [0.2, 0.25) is 5.91 Å². The Kier molecular flexibility index (Phi) is 4.94. The molecule has 1 aromatic rings. The van der Waals surface area contributed by atoms with E-state index in [-0.39, 0.29) is 11.9 Å². The van der Waals surface area contributed by atoms with Gasteiger partial charge in [0, 0.05) is 18.5 Å². The van der Waals surface area contributed by atoms with Gasteiger partial charge in [-0.2, -0.15) is 5.10 Å². The predicted molar refractivity (Wildman–Crippen MR) is 85.4 cm³/mol. The summed E-state index contributed by atoms with van der Waals surface area (Å²) in [5.41, 5.74) is 2.02. The molecule has 1 saturated heterocycles. The van der Waals surface area contributed by atoms with Crippen LogP contribution in [0.2, 0.25) is 0 Å². The second-order valence-corrected chi connectivity index (χ2v) is 8.63. The highest BCUT2D eigenvalue weighted by Gasteiger charge is 2.34. The number of hydrogen-bond donors (Lipinski definition) is 0. The normalized spacial score (nSPS) is 20.9. The molecule has 0 bridgehead atoms. The molecule has 124 valence electrons. The fourth-order valence-corrected chi connectivity index (χ4v) is 3.46. The number of hydrogen-bond acceptors (Lipinski definition) is 4. The average molecular weight is 327 g/mol. The third kappa shape index (κ3) is 3.69. The van der Waals surface area contributed by atoms with E-state index in [2.05, 4.69) is 5.10 Å². The zero-order valence-corrected chi connectivity index (χ0v) is 14.6. The lowest BCUT2D eigenvalue weighted by atomic mass is 10.0. The standard InChI is InChI=1S/C15H25N3O3S/c1-11-9-12(2)18(16-11)10-14-7-5-6-8-17(14)15(19)13(3)22(4,20)21/h9,13-14H,5-8,10H2,1-4H3/t13-,14+/m0/s1. The monoisotopic (exact) mass is 327 g/mol. The summed E-state index contributed by atoms with van der Waals surface area (Å²) in [7, 11) is -3.37. The fraction of sp³-hybridized carbons (Fsp3) is 0.733. The lowest BCUT2D eigenvalue weighted by Gasteiger charge is -2.37. The third-order valence-corrected chi connectivity index (χ3v) is 5.87. The highest BCUT2D eigenvalue weighted by molar-refractivity contribution is 7.92. The largest absolute Gasteiger partial charge is 0.337 e. The summed E-state index contributed by atoms with van der Waals surface area (Å²) in [4.78, 5) is 14.3. The highest BCUT2D eigenvalue weighted by atomic mass is 32.2. The summed E-state index contributed by atoms with van der Waals surface area (Å²) in [5.74, 6) is -0.284. The second-order valence-electron chi connectivity index (χ2n) is 6.26. The van der Waals surface area contributed by atoms with Crippen LogP contribution in [0.1, 0.15) is 37.6 Å². The van der Waals surface area contributed by atoms with Gasteiger partial charge in [0.05, 0.1) is 18.3 Å². The molecule has 0 radical (unpaired) electrons. The first kappa shape index (κ1) is 17.0. The van der Waals surface area contributed by atoms with E-state index in [9.17, 15) is 13.2 Å². The third-order valence-electron chi connectivity index (χ3n) is 4.39. The van der Waals surface area contributed by atoms with Crippen molar-refractivity contribution in [3.8, 4) is 0 Å². The number of sulfone groups is 1. The molecule has 6 nitrogen and oxygen atoms in total. The Labute approximate surface area is 132 Å². The van der Waals surface area contributed by atoms with E-state index in [0.29, 0.717) is 13.1 Å². The van der Waals surface area contributed by atoms with Crippen LogP contribution in [0.4, 0.5) is 0 Å². The summed E-state index contributed by atoms with van der Waals surface area (Å²) in [6.45, 7) is 6.67. The molecular weight excluding hydrogens is 302 g/mol. The molecule has 1 amide bonds. The number of nitrogens with zero attached hydrogens (tertiary/aromatic N) is 3. The number of piperidine rings is 1. The van der Waals surface area contributed by atoms with Crippen LogP contribution in [0, 0.1) is 13.8 Å². The van der Waals surface area contributed by atoms with Crippen LogP contribution < -0.4 is 0 Å². The molecule has 1 aliphatic rings. The van der Waals surface area contributed by atoms with Crippen molar-refractivity contribution in [1.29, 1.82) is 0 Å². The summed E-state index contributed by atoms with van der Waals surface area (Å²) in [6.07, 6.45) is 3.99. The van der Waals surface area contributed by atoms with Gasteiger partial charge in [-0.05, 0) is 46.1 Å². The van der Waals surface area contributed by atoms with Crippen LogP contribution in [0.25, 0.3) is 0 Å². The summed E-state index contributed by atoms with van der Waals surface area (Å²) >= 11 is 0. The topological polar surface area (TPSA) is 72.3 Å². The first-order valence-electron chi connectivity index (χ1n) is 7.70. The van der Waals surface area contributed by atoms with E-state index in [1.54, 1.807) is 4.90 Å². The molecular formula is C15H25N3O3S. The summed E-state index contributed by atoms with van der Waals surface area (Å²) in [6, 6.07) is 2.03. The predicted octanol–water partition coefficient (Wildman–Crippen LogP) is 1.31. The molecule has 7 heteroatoms. The van der Waals surface area contributed by atoms with Crippen molar-refractivity contribution in [1.82, 2.24) is 14.7 Å². The Balaban J connectivity index is 2.18. The quantitative estimate of drug-likeness (QED) is 0.836. The Morgan fingerprint density at radius 2 is 2.09 bits per heavy atom. The summed E-state index contributed by atoms with van der Waals surface area (Å²) < 4.78 is 25.3. The molecule has 2 heterocycles. The van der Waals surface area contributed by atoms with Crippen LogP contribution in [0.3, 0.4) is 0 Å². The number of carbonyl (C=O) groups excluding carboxylic acids is 1. The minimum absolute atomic E-state index is 0.0171. The van der Waals surface area contributed by atoms with Gasteiger partial charge in [0.15, 0.2) is 9.84 Å². The molecule has 0 saturated carbocycles. The van der Waals surface area contributed by atoms with E-state index >= 15 is 0 Å². The van der Waals surface area contributed by atoms with Gasteiger partial charge in [-0.15, -0.1) is 0 Å². The Bertz CT molecular complexity index is 651. The lowest BCUT2D eigenvalue weighted by molar-refractivity contribution is -0.134. The number of aryl methyl sites for hydroxylation is 2. The van der Waals surface area contributed by atoms with Gasteiger partial charge < -0.3 is 4.90 Å². The zero-order chi connectivity index (χ0) is 16.5. The van der Waals surface area contributed by atoms with E-state index in [0.717, 1.165) is 36.9 Å². The fourth-order valence-electron chi connectivity index (χ4n) is 2.96. The van der Waals surface area contributed by atoms with Gasteiger partial charge in [0.25, 0.3) is 0 Å². The maximum Gasteiger partial charge on any atom is 0.240 e. The molecule has 0 unspecified atom stereocenters. The molecule has 0 aromatic carbocycles. The first-order valence-corrected chi connectivity index (χ1v) is 9.66. The van der Waals surface area contributed by atoms with Gasteiger partial charge in [0.1, 0.15) is 5.25 Å². The van der Waals surface area contributed by atoms with Crippen molar-refractivity contribution < 1.29 is 13.2 Å². The molecule has 0 aliphatic carbocycles. The molecule has 1 aliphatic heterocycles. The van der Waals surface area contributed by atoms with Crippen LogP contribution in [-0.2, 0) is 21.2 Å². The van der Waals surface area contributed by atoms with Gasteiger partial charge in [-0.1, -0.05) is 0 Å². The molecule has 2 rings (SSSR count). The second kappa shape index (κ2) is 6.40. The van der Waals surface area contributed by atoms with Crippen molar-refractivity contribution in [2.45, 2.75) is 57.9 Å². The van der Waals surface area contributed by atoms with Gasteiger partial charge >= 0.3 is 0 Å². The number of aromatic nitrogens is 2. The van der Waals surface area contributed by atoms with Gasteiger partial charge in [-0.25, -0.2) is 8.42 Å². The zero-order valence-electron chi connectivity index (χ0n) is 13.7. The minimum atomic E-state index is -3.37. The van der Waals surface area contributed by atoms with Crippen LogP contribution in [0.15, 0.2) is 6.07 Å². The highest BCUT2D eigenvalue weighted by Crippen LogP contribution is 2.21. The van der Waals surface area contributed by atoms with E-state index < -0.39 is 15.1 Å². The molecule has 1 fully saturated rings. The van der Waals surface area contributed by atoms with Crippen molar-refractivity contribution in [2.24, 2.45) is 0 Å². The van der Waals surface area contributed by atoms with Crippen LogP contribution >= 0.6 is 0 Å². The maximum absolute atomic E-state index is 12.6. The smallest absolute Gasteiger partial charge is 0.240 e. The number of amides is 1. The molecule has 0 spiro atoms. The SMILES string of the molecule is Cc1cc(C)n(C[C@H]2CCCCN2C(=O)[C@H](C)S(C)(=O)=O)n1. The van der Waals surface area contributed by atoms with Crippen LogP contribution in [-0.4, -0.2) is 53.1 Å². The van der Waals surface area contributed by atoms with E-state index in [1.165, 1.54) is 6.92 Å². The number of likely N-dealkylation sites (tertiary alicyclic amines) is 1. The molecule has 2 atom stereocenters. The number of rotatable bonds is 4. The Morgan fingerprint density at radius 3 is 2.64 bits per heavy atom. The average Bonchev–Trinajstić information content (AvgIpc) is 2.75. The summed E-state index contributed by atoms with van der Waals surface area (Å²) in [5, 5.41) is 3.47.